The van der Waals surface area contributed by atoms with Crippen molar-refractivity contribution >= 4 is 15.9 Å². The number of benzene rings is 1. The molecule has 1 N–H and O–H groups in total. The van der Waals surface area contributed by atoms with Crippen molar-refractivity contribution in [2.75, 3.05) is 40.8 Å². The van der Waals surface area contributed by atoms with Gasteiger partial charge in [-0.25, -0.2) is 8.78 Å². The number of nitrogens with one attached hydrogen (secondary N) is 1. The van der Waals surface area contributed by atoms with Crippen molar-refractivity contribution in [2.45, 2.75) is 12.1 Å². The average molecular weight is 348 g/mol. The van der Waals surface area contributed by atoms with Crippen molar-refractivity contribution in [3.8, 4) is 0 Å². The van der Waals surface area contributed by atoms with Gasteiger partial charge in [0.2, 0.25) is 0 Å². The van der Waals surface area contributed by atoms with Crippen LogP contribution in [0.5, 0.6) is 0 Å². The van der Waals surface area contributed by atoms with Gasteiger partial charge in [0.15, 0.2) is 0 Å². The van der Waals surface area contributed by atoms with Gasteiger partial charge in [-0.2, -0.15) is 0 Å². The van der Waals surface area contributed by atoms with Gasteiger partial charge in [0.1, 0.15) is 11.6 Å². The zero-order chi connectivity index (χ0) is 14.9. The molecule has 1 aromatic rings. The number of likely N-dealkylation sites (N-methyl/N-ethyl adjacent to an activating group) is 3. The first-order chi connectivity index (χ1) is 9.45. The van der Waals surface area contributed by atoms with Crippen LogP contribution in [0.2, 0.25) is 0 Å². The molecule has 1 aromatic carbocycles. The second-order valence-corrected chi connectivity index (χ2v) is 6.19. The maximum atomic E-state index is 14.3. The Bertz CT molecular complexity index is 484. The van der Waals surface area contributed by atoms with E-state index >= 15 is 0 Å². The lowest BCUT2D eigenvalue weighted by atomic mass is 9.95. The molecule has 2 unspecified atom stereocenters. The Kier molecular flexibility index (Phi) is 5.12. The summed E-state index contributed by atoms with van der Waals surface area (Å²) >= 11 is 3.14. The normalized spacial score (nSPS) is 23.0. The molecular formula is C14H20BrF2N3. The Morgan fingerprint density at radius 3 is 2.65 bits per heavy atom. The Hall–Kier alpha value is -0.560. The number of hydrogen-bond donors (Lipinski definition) is 1. The zero-order valence-corrected chi connectivity index (χ0v) is 13.5. The number of hydrogen-bond acceptors (Lipinski definition) is 3. The molecule has 20 heavy (non-hydrogen) atoms. The van der Waals surface area contributed by atoms with E-state index in [9.17, 15) is 8.78 Å². The third-order valence-corrected chi connectivity index (χ3v) is 4.60. The van der Waals surface area contributed by atoms with Crippen LogP contribution in [0.1, 0.15) is 11.6 Å². The van der Waals surface area contributed by atoms with Crippen LogP contribution in [0.15, 0.2) is 16.6 Å². The van der Waals surface area contributed by atoms with E-state index in [1.807, 2.05) is 14.1 Å². The first kappa shape index (κ1) is 15.8. The molecule has 2 rings (SSSR count). The molecule has 1 saturated heterocycles. The summed E-state index contributed by atoms with van der Waals surface area (Å²) in [5.41, 5.74) is 0.106. The van der Waals surface area contributed by atoms with Gasteiger partial charge in [0.05, 0.1) is 10.5 Å². The van der Waals surface area contributed by atoms with Crippen molar-refractivity contribution in [3.05, 3.63) is 33.8 Å². The summed E-state index contributed by atoms with van der Waals surface area (Å²) in [5, 5.41) is 3.08. The molecule has 3 nitrogen and oxygen atoms in total. The van der Waals surface area contributed by atoms with Gasteiger partial charge >= 0.3 is 0 Å². The molecule has 0 radical (unpaired) electrons. The Labute approximate surface area is 127 Å². The summed E-state index contributed by atoms with van der Waals surface area (Å²) in [5.74, 6) is -1.03. The summed E-state index contributed by atoms with van der Waals surface area (Å²) in [6, 6.07) is 2.34. The van der Waals surface area contributed by atoms with Crippen molar-refractivity contribution in [1.29, 1.82) is 0 Å². The molecule has 0 amide bonds. The monoisotopic (exact) mass is 347 g/mol. The van der Waals surface area contributed by atoms with E-state index in [-0.39, 0.29) is 17.6 Å². The third kappa shape index (κ3) is 3.03. The van der Waals surface area contributed by atoms with Crippen LogP contribution in [0.25, 0.3) is 0 Å². The molecule has 1 aliphatic rings. The Morgan fingerprint density at radius 2 is 2.00 bits per heavy atom. The lowest BCUT2D eigenvalue weighted by Crippen LogP contribution is -2.55. The maximum absolute atomic E-state index is 14.3. The molecule has 1 aliphatic heterocycles. The highest BCUT2D eigenvalue weighted by atomic mass is 79.9. The van der Waals surface area contributed by atoms with Gasteiger partial charge in [-0.15, -0.1) is 0 Å². The van der Waals surface area contributed by atoms with Crippen molar-refractivity contribution in [1.82, 2.24) is 15.1 Å². The molecule has 2 atom stereocenters. The van der Waals surface area contributed by atoms with E-state index in [2.05, 4.69) is 31.0 Å². The summed E-state index contributed by atoms with van der Waals surface area (Å²) in [7, 11) is 5.77. The van der Waals surface area contributed by atoms with Gasteiger partial charge in [-0.1, -0.05) is 0 Å². The van der Waals surface area contributed by atoms with E-state index in [0.29, 0.717) is 4.47 Å². The minimum atomic E-state index is -0.522. The Morgan fingerprint density at radius 1 is 1.30 bits per heavy atom. The van der Waals surface area contributed by atoms with E-state index in [0.717, 1.165) is 19.6 Å². The SMILES string of the molecule is CNC(c1c(F)ccc(Br)c1F)C1CN(C)CCN1C. The second-order valence-electron chi connectivity index (χ2n) is 5.33. The number of nitrogens with zero attached hydrogens (tertiary/aromatic N) is 2. The summed E-state index contributed by atoms with van der Waals surface area (Å²) in [4.78, 5) is 4.34. The number of piperazine rings is 1. The predicted octanol–water partition coefficient (Wildman–Crippen LogP) is 2.23. The molecule has 0 aliphatic carbocycles. The smallest absolute Gasteiger partial charge is 0.145 e. The quantitative estimate of drug-likeness (QED) is 0.846. The topological polar surface area (TPSA) is 18.5 Å². The molecule has 1 fully saturated rings. The summed E-state index contributed by atoms with van der Waals surface area (Å²) in [6.07, 6.45) is 0. The standard InChI is InChI=1S/C14H20BrF2N3/c1-18-14(11-8-19(2)6-7-20(11)3)12-10(16)5-4-9(15)13(12)17/h4-5,11,14,18H,6-8H2,1-3H3. The molecule has 112 valence electrons. The van der Waals surface area contributed by atoms with E-state index in [1.165, 1.54) is 12.1 Å². The average Bonchev–Trinajstić information content (AvgIpc) is 2.42. The van der Waals surface area contributed by atoms with Crippen LogP contribution in [0.3, 0.4) is 0 Å². The van der Waals surface area contributed by atoms with Gasteiger partial charge < -0.3 is 10.2 Å². The van der Waals surface area contributed by atoms with Crippen LogP contribution >= 0.6 is 15.9 Å². The minimum absolute atomic E-state index is 0.0250. The van der Waals surface area contributed by atoms with E-state index < -0.39 is 11.6 Å². The highest BCUT2D eigenvalue weighted by Gasteiger charge is 2.33. The molecule has 1 heterocycles. The van der Waals surface area contributed by atoms with Crippen LogP contribution < -0.4 is 5.32 Å². The minimum Gasteiger partial charge on any atom is -0.311 e. The summed E-state index contributed by atoms with van der Waals surface area (Å²) in [6.45, 7) is 2.62. The molecule has 6 heteroatoms. The van der Waals surface area contributed by atoms with Gasteiger partial charge in [0.25, 0.3) is 0 Å². The predicted molar refractivity (Wildman–Crippen MR) is 79.8 cm³/mol. The number of halogens is 3. The van der Waals surface area contributed by atoms with Gasteiger partial charge in [0, 0.05) is 31.2 Å². The molecule has 0 aromatic heterocycles. The lowest BCUT2D eigenvalue weighted by Gasteiger charge is -2.42. The Balaban J connectivity index is 2.39. The second kappa shape index (κ2) is 6.47. The lowest BCUT2D eigenvalue weighted by molar-refractivity contribution is 0.0877. The van der Waals surface area contributed by atoms with E-state index in [4.69, 9.17) is 0 Å². The largest absolute Gasteiger partial charge is 0.311 e. The van der Waals surface area contributed by atoms with Crippen LogP contribution in [0, 0.1) is 11.6 Å². The maximum Gasteiger partial charge on any atom is 0.145 e. The van der Waals surface area contributed by atoms with Crippen LogP contribution in [-0.2, 0) is 0 Å². The fourth-order valence-corrected chi connectivity index (χ4v) is 3.11. The van der Waals surface area contributed by atoms with Crippen molar-refractivity contribution in [2.24, 2.45) is 0 Å². The van der Waals surface area contributed by atoms with Crippen LogP contribution in [0.4, 0.5) is 8.78 Å². The fourth-order valence-electron chi connectivity index (χ4n) is 2.76. The highest BCUT2D eigenvalue weighted by Crippen LogP contribution is 2.30. The fraction of sp³-hybridized carbons (Fsp3) is 0.571. The van der Waals surface area contributed by atoms with Gasteiger partial charge in [-0.05, 0) is 49.2 Å². The first-order valence-electron chi connectivity index (χ1n) is 6.65. The van der Waals surface area contributed by atoms with Crippen molar-refractivity contribution < 1.29 is 8.78 Å². The molecule has 0 bridgehead atoms. The zero-order valence-electron chi connectivity index (χ0n) is 12.0. The van der Waals surface area contributed by atoms with Crippen molar-refractivity contribution in [3.63, 3.8) is 0 Å². The molecular weight excluding hydrogens is 328 g/mol. The van der Waals surface area contributed by atoms with Crippen LogP contribution in [-0.4, -0.2) is 56.6 Å². The first-order valence-corrected chi connectivity index (χ1v) is 7.44. The molecule has 0 spiro atoms. The molecule has 0 saturated carbocycles. The summed E-state index contributed by atoms with van der Waals surface area (Å²) < 4.78 is 28.7. The number of rotatable bonds is 3. The third-order valence-electron chi connectivity index (χ3n) is 3.99. The highest BCUT2D eigenvalue weighted by molar-refractivity contribution is 9.10. The van der Waals surface area contributed by atoms with E-state index in [1.54, 1.807) is 7.05 Å². The van der Waals surface area contributed by atoms with Gasteiger partial charge in [-0.3, -0.25) is 4.90 Å².